The van der Waals surface area contributed by atoms with Crippen LogP contribution in [0.4, 0.5) is 0 Å². The summed E-state index contributed by atoms with van der Waals surface area (Å²) in [6, 6.07) is 0. The molecule has 0 unspecified atom stereocenters. The van der Waals surface area contributed by atoms with E-state index in [0.717, 1.165) is 11.5 Å². The third-order valence-electron chi connectivity index (χ3n) is 5.45. The van der Waals surface area contributed by atoms with Crippen LogP contribution in [-0.4, -0.2) is 24.8 Å². The molecular formula is C27H47N5O. The van der Waals surface area contributed by atoms with E-state index in [0.29, 0.717) is 0 Å². The zero-order valence-electron chi connectivity index (χ0n) is 23.8. The van der Waals surface area contributed by atoms with Crippen LogP contribution in [-0.2, 0) is 30.3 Å². The summed E-state index contributed by atoms with van der Waals surface area (Å²) < 4.78 is 9.12. The van der Waals surface area contributed by atoms with Gasteiger partial charge in [0.15, 0.2) is 0 Å². The van der Waals surface area contributed by atoms with Crippen LogP contribution in [0, 0.1) is 27.7 Å². The van der Waals surface area contributed by atoms with Crippen LogP contribution in [0.1, 0.15) is 102 Å². The van der Waals surface area contributed by atoms with Crippen molar-refractivity contribution >= 4 is 0 Å². The smallest absolute Gasteiger partial charge is 0.104 e. The highest BCUT2D eigenvalue weighted by molar-refractivity contribution is 5.32. The zero-order chi connectivity index (χ0) is 25.9. The molecule has 3 aromatic rings. The van der Waals surface area contributed by atoms with E-state index in [-0.39, 0.29) is 16.2 Å². The minimum atomic E-state index is 0.141. The summed E-state index contributed by atoms with van der Waals surface area (Å²) in [5.41, 5.74) is 7.99. The molecule has 0 fully saturated rings. The van der Waals surface area contributed by atoms with Crippen molar-refractivity contribution in [3.05, 3.63) is 52.0 Å². The number of hydrogen-bond donors (Lipinski definition) is 0. The Labute approximate surface area is 201 Å². The van der Waals surface area contributed by atoms with E-state index in [9.17, 15) is 0 Å². The summed E-state index contributed by atoms with van der Waals surface area (Å²) in [5, 5.41) is 12.1. The molecule has 6 heteroatoms. The number of aryl methyl sites for hydroxylation is 6. The van der Waals surface area contributed by atoms with E-state index < -0.39 is 0 Å². The second kappa shape index (κ2) is 10.3. The number of furan rings is 1. The molecule has 0 saturated heterocycles. The fourth-order valence-electron chi connectivity index (χ4n) is 4.80. The molecule has 0 aromatic carbocycles. The lowest BCUT2D eigenvalue weighted by Gasteiger charge is -2.19. The number of aromatic nitrogens is 5. The van der Waals surface area contributed by atoms with Crippen LogP contribution < -0.4 is 0 Å². The highest BCUT2D eigenvalue weighted by atomic mass is 16.3. The first-order valence-electron chi connectivity index (χ1n) is 11.7. The predicted molar refractivity (Wildman–Crippen MR) is 138 cm³/mol. The molecule has 0 spiro atoms. The third kappa shape index (κ3) is 7.58. The highest BCUT2D eigenvalue weighted by Crippen LogP contribution is 2.29. The van der Waals surface area contributed by atoms with Gasteiger partial charge < -0.3 is 4.42 Å². The number of rotatable bonds is 0. The highest BCUT2D eigenvalue weighted by Gasteiger charge is 2.22. The molecule has 33 heavy (non-hydrogen) atoms. The first kappa shape index (κ1) is 28.7. The second-order valence-electron chi connectivity index (χ2n) is 12.0. The van der Waals surface area contributed by atoms with Crippen molar-refractivity contribution in [2.24, 2.45) is 14.1 Å². The molecule has 3 aromatic heterocycles. The maximum absolute atomic E-state index is 5.32. The average Bonchev–Trinajstić information content (AvgIpc) is 3.24. The monoisotopic (exact) mass is 457 g/mol. The predicted octanol–water partition coefficient (Wildman–Crippen LogP) is 6.64. The van der Waals surface area contributed by atoms with Crippen molar-refractivity contribution in [3.63, 3.8) is 0 Å². The van der Waals surface area contributed by atoms with Gasteiger partial charge in [0.25, 0.3) is 0 Å². The molecule has 0 radical (unpaired) electrons. The quantitative estimate of drug-likeness (QED) is 0.379. The Kier molecular flexibility index (Phi) is 8.92. The van der Waals surface area contributed by atoms with E-state index >= 15 is 0 Å². The normalized spacial score (nSPS) is 12.1. The van der Waals surface area contributed by atoms with Crippen LogP contribution in [0.3, 0.4) is 0 Å². The second-order valence-corrected chi connectivity index (χ2v) is 12.0. The molecule has 0 aliphatic rings. The van der Waals surface area contributed by atoms with Crippen molar-refractivity contribution in [1.82, 2.24) is 24.8 Å². The van der Waals surface area contributed by atoms with Gasteiger partial charge in [-0.2, -0.15) is 5.10 Å². The SMILES string of the molecule is Cc1cnn(C)c1C(C)(C)C.Cc1coc(C)c1C(C)(C)C.Cc1nnn(C)c1C(C)(C)C. The van der Waals surface area contributed by atoms with Crippen molar-refractivity contribution in [1.29, 1.82) is 0 Å². The van der Waals surface area contributed by atoms with E-state index in [1.54, 1.807) is 0 Å². The van der Waals surface area contributed by atoms with E-state index in [4.69, 9.17) is 4.42 Å². The molecule has 0 N–H and O–H groups in total. The van der Waals surface area contributed by atoms with Crippen LogP contribution in [0.2, 0.25) is 0 Å². The van der Waals surface area contributed by atoms with E-state index in [2.05, 4.69) is 91.6 Å². The van der Waals surface area contributed by atoms with E-state index in [1.807, 2.05) is 49.8 Å². The number of nitrogens with zero attached hydrogens (tertiary/aromatic N) is 5. The topological polar surface area (TPSA) is 61.7 Å². The number of hydrogen-bond acceptors (Lipinski definition) is 4. The summed E-state index contributed by atoms with van der Waals surface area (Å²) >= 11 is 0. The molecule has 0 bridgehead atoms. The Bertz CT molecular complexity index is 838. The zero-order valence-corrected chi connectivity index (χ0v) is 23.8. The lowest BCUT2D eigenvalue weighted by Crippen LogP contribution is -2.17. The van der Waals surface area contributed by atoms with Gasteiger partial charge in [-0.15, -0.1) is 5.10 Å². The molecule has 0 aliphatic carbocycles. The average molecular weight is 458 g/mol. The molecule has 0 saturated carbocycles. The van der Waals surface area contributed by atoms with Gasteiger partial charge in [0.05, 0.1) is 23.8 Å². The summed E-state index contributed by atoms with van der Waals surface area (Å²) in [5.74, 6) is 1.05. The molecule has 0 aliphatic heterocycles. The van der Waals surface area contributed by atoms with Gasteiger partial charge in [-0.25, -0.2) is 0 Å². The third-order valence-corrected chi connectivity index (χ3v) is 5.45. The Hall–Kier alpha value is -2.37. The van der Waals surface area contributed by atoms with Crippen LogP contribution in [0.5, 0.6) is 0 Å². The van der Waals surface area contributed by atoms with Gasteiger partial charge in [-0.3, -0.25) is 9.36 Å². The van der Waals surface area contributed by atoms with Crippen LogP contribution in [0.15, 0.2) is 16.9 Å². The van der Waals surface area contributed by atoms with E-state index in [1.165, 1.54) is 28.1 Å². The van der Waals surface area contributed by atoms with Gasteiger partial charge in [0, 0.05) is 36.2 Å². The molecule has 0 amide bonds. The fourth-order valence-corrected chi connectivity index (χ4v) is 4.80. The minimum absolute atomic E-state index is 0.141. The van der Waals surface area contributed by atoms with Crippen molar-refractivity contribution in [3.8, 4) is 0 Å². The summed E-state index contributed by atoms with van der Waals surface area (Å²) in [4.78, 5) is 0. The van der Waals surface area contributed by atoms with Crippen molar-refractivity contribution in [2.45, 2.75) is 106 Å². The van der Waals surface area contributed by atoms with Crippen LogP contribution >= 0.6 is 0 Å². The van der Waals surface area contributed by atoms with Gasteiger partial charge in [0.1, 0.15) is 5.76 Å². The Morgan fingerprint density at radius 2 is 1.21 bits per heavy atom. The van der Waals surface area contributed by atoms with Gasteiger partial charge in [-0.1, -0.05) is 67.5 Å². The first-order valence-corrected chi connectivity index (χ1v) is 11.7. The molecular weight excluding hydrogens is 410 g/mol. The summed E-state index contributed by atoms with van der Waals surface area (Å²) in [7, 11) is 3.92. The Morgan fingerprint density at radius 3 is 1.39 bits per heavy atom. The molecule has 3 heterocycles. The maximum atomic E-state index is 5.32. The summed E-state index contributed by atoms with van der Waals surface area (Å²) in [6.45, 7) is 27.9. The lowest BCUT2D eigenvalue weighted by atomic mass is 9.85. The molecule has 3 rings (SSSR count). The lowest BCUT2D eigenvalue weighted by molar-refractivity contribution is 0.506. The molecule has 6 nitrogen and oxygen atoms in total. The van der Waals surface area contributed by atoms with Crippen molar-refractivity contribution < 1.29 is 4.42 Å². The largest absolute Gasteiger partial charge is 0.469 e. The minimum Gasteiger partial charge on any atom is -0.469 e. The molecule has 186 valence electrons. The van der Waals surface area contributed by atoms with Gasteiger partial charge in [0.2, 0.25) is 0 Å². The fraction of sp³-hybridized carbons (Fsp3) is 0.667. The van der Waals surface area contributed by atoms with Crippen molar-refractivity contribution in [2.75, 3.05) is 0 Å². The maximum Gasteiger partial charge on any atom is 0.104 e. The van der Waals surface area contributed by atoms with Crippen LogP contribution in [0.25, 0.3) is 0 Å². The van der Waals surface area contributed by atoms with Gasteiger partial charge >= 0.3 is 0 Å². The van der Waals surface area contributed by atoms with Gasteiger partial charge in [-0.05, 0) is 44.2 Å². The Morgan fingerprint density at radius 1 is 0.697 bits per heavy atom. The standard InChI is InChI=1S/C10H16O.C9H16N2.C8H15N3/c1-7-6-11-8(2)9(7)10(3,4)5;1-7-6-10-11(5)8(7)9(2,3)4;1-6-7(8(2,3)4)11(5)10-9-6/h2*6H,1-5H3;1-5H3. The summed E-state index contributed by atoms with van der Waals surface area (Å²) in [6.07, 6.45) is 3.75. The first-order chi connectivity index (χ1) is 14.8. The molecule has 0 atom stereocenters. The Balaban J connectivity index is 0.000000247.